The number of benzene rings is 2. The highest BCUT2D eigenvalue weighted by Crippen LogP contribution is 2.26. The van der Waals surface area contributed by atoms with E-state index in [1.165, 1.54) is 15.7 Å². The van der Waals surface area contributed by atoms with Crippen LogP contribution < -0.4 is 0 Å². The van der Waals surface area contributed by atoms with Gasteiger partial charge in [0.25, 0.3) is 0 Å². The summed E-state index contributed by atoms with van der Waals surface area (Å²) in [5, 5.41) is 11.8. The van der Waals surface area contributed by atoms with Gasteiger partial charge in [0, 0.05) is 10.1 Å². The fourth-order valence-electron chi connectivity index (χ4n) is 1.51. The van der Waals surface area contributed by atoms with Gasteiger partial charge in [-0.3, -0.25) is 0 Å². The van der Waals surface area contributed by atoms with Crippen LogP contribution in [-0.4, -0.2) is 17.0 Å². The van der Waals surface area contributed by atoms with Crippen molar-refractivity contribution < 1.29 is 5.11 Å². The largest absolute Gasteiger partial charge is 0.395 e. The van der Waals surface area contributed by atoms with Gasteiger partial charge in [-0.05, 0) is 22.9 Å². The van der Waals surface area contributed by atoms with Gasteiger partial charge in [-0.1, -0.05) is 37.3 Å². The molecule has 0 spiro atoms. The summed E-state index contributed by atoms with van der Waals surface area (Å²) in [4.78, 5) is 1.22. The fourth-order valence-corrected chi connectivity index (χ4v) is 2.39. The minimum atomic E-state index is 0.220. The zero-order valence-corrected chi connectivity index (χ0v) is 9.50. The smallest absolute Gasteiger partial charge is 0.0550 e. The molecule has 0 amide bonds. The average molecular weight is 218 g/mol. The van der Waals surface area contributed by atoms with Gasteiger partial charge in [0.2, 0.25) is 0 Å². The summed E-state index contributed by atoms with van der Waals surface area (Å²) in [6, 6.07) is 14.7. The lowest BCUT2D eigenvalue weighted by Gasteiger charge is -2.08. The highest BCUT2D eigenvalue weighted by molar-refractivity contribution is 8.00. The SMILES string of the molecule is CC(CO)Sc1ccc2ccccc2c1. The summed E-state index contributed by atoms with van der Waals surface area (Å²) in [6.07, 6.45) is 0. The van der Waals surface area contributed by atoms with Gasteiger partial charge < -0.3 is 5.11 Å². The highest BCUT2D eigenvalue weighted by atomic mass is 32.2. The molecule has 78 valence electrons. The summed E-state index contributed by atoms with van der Waals surface area (Å²) in [5.41, 5.74) is 0. The first kappa shape index (κ1) is 10.5. The predicted molar refractivity (Wildman–Crippen MR) is 66.4 cm³/mol. The van der Waals surface area contributed by atoms with Gasteiger partial charge in [0.1, 0.15) is 0 Å². The molecule has 1 nitrogen and oxygen atoms in total. The van der Waals surface area contributed by atoms with Crippen LogP contribution in [-0.2, 0) is 0 Å². The van der Waals surface area contributed by atoms with Crippen molar-refractivity contribution in [3.8, 4) is 0 Å². The van der Waals surface area contributed by atoms with Gasteiger partial charge in [0.15, 0.2) is 0 Å². The Morgan fingerprint density at radius 3 is 2.60 bits per heavy atom. The van der Waals surface area contributed by atoms with Crippen LogP contribution in [0.3, 0.4) is 0 Å². The Labute approximate surface area is 94.1 Å². The van der Waals surface area contributed by atoms with E-state index in [2.05, 4.69) is 30.3 Å². The second-order valence-electron chi connectivity index (χ2n) is 3.62. The second kappa shape index (κ2) is 4.69. The van der Waals surface area contributed by atoms with E-state index in [4.69, 9.17) is 5.11 Å². The lowest BCUT2D eigenvalue weighted by molar-refractivity contribution is 0.300. The topological polar surface area (TPSA) is 20.2 Å². The summed E-state index contributed by atoms with van der Waals surface area (Å²) < 4.78 is 0. The first-order valence-electron chi connectivity index (χ1n) is 5.06. The van der Waals surface area contributed by atoms with E-state index in [1.54, 1.807) is 11.8 Å². The minimum absolute atomic E-state index is 0.220. The van der Waals surface area contributed by atoms with E-state index in [-0.39, 0.29) is 11.9 Å². The third-order valence-electron chi connectivity index (χ3n) is 2.32. The number of aliphatic hydroxyl groups is 1. The van der Waals surface area contributed by atoms with Crippen LogP contribution in [0.25, 0.3) is 10.8 Å². The van der Waals surface area contributed by atoms with Crippen molar-refractivity contribution in [2.45, 2.75) is 17.1 Å². The molecule has 1 atom stereocenters. The van der Waals surface area contributed by atoms with Crippen molar-refractivity contribution in [3.05, 3.63) is 42.5 Å². The lowest BCUT2D eigenvalue weighted by atomic mass is 10.1. The number of fused-ring (bicyclic) bond motifs is 1. The molecule has 1 N–H and O–H groups in total. The molecule has 2 aromatic rings. The van der Waals surface area contributed by atoms with Crippen LogP contribution in [0.15, 0.2) is 47.4 Å². The van der Waals surface area contributed by atoms with Crippen LogP contribution in [0, 0.1) is 0 Å². The third-order valence-corrected chi connectivity index (χ3v) is 3.39. The highest BCUT2D eigenvalue weighted by Gasteiger charge is 2.02. The molecular weight excluding hydrogens is 204 g/mol. The quantitative estimate of drug-likeness (QED) is 0.798. The molecule has 0 saturated carbocycles. The van der Waals surface area contributed by atoms with Crippen molar-refractivity contribution in [1.29, 1.82) is 0 Å². The lowest BCUT2D eigenvalue weighted by Crippen LogP contribution is -2.01. The molecule has 0 aromatic heterocycles. The molecule has 0 aliphatic rings. The predicted octanol–water partition coefficient (Wildman–Crippen LogP) is 3.31. The third kappa shape index (κ3) is 2.52. The summed E-state index contributed by atoms with van der Waals surface area (Å²) >= 11 is 1.71. The molecule has 0 aliphatic carbocycles. The van der Waals surface area contributed by atoms with Gasteiger partial charge in [-0.15, -0.1) is 11.8 Å². The maximum atomic E-state index is 8.99. The maximum absolute atomic E-state index is 8.99. The molecular formula is C13H14OS. The Kier molecular flexibility index (Phi) is 3.29. The Hall–Kier alpha value is -0.990. The summed E-state index contributed by atoms with van der Waals surface area (Å²) in [7, 11) is 0. The van der Waals surface area contributed by atoms with E-state index in [0.717, 1.165) is 0 Å². The molecule has 0 bridgehead atoms. The van der Waals surface area contributed by atoms with Crippen LogP contribution in [0.5, 0.6) is 0 Å². The molecule has 1 unspecified atom stereocenters. The van der Waals surface area contributed by atoms with Crippen LogP contribution in [0.4, 0.5) is 0 Å². The number of hydrogen-bond acceptors (Lipinski definition) is 2. The normalized spacial score (nSPS) is 12.9. The van der Waals surface area contributed by atoms with E-state index in [1.807, 2.05) is 19.1 Å². The van der Waals surface area contributed by atoms with Crippen molar-refractivity contribution in [3.63, 3.8) is 0 Å². The minimum Gasteiger partial charge on any atom is -0.395 e. The molecule has 0 radical (unpaired) electrons. The fraction of sp³-hybridized carbons (Fsp3) is 0.231. The summed E-state index contributed by atoms with van der Waals surface area (Å²) in [5.74, 6) is 0. The number of thioether (sulfide) groups is 1. The number of aliphatic hydroxyl groups excluding tert-OH is 1. The second-order valence-corrected chi connectivity index (χ2v) is 5.13. The van der Waals surface area contributed by atoms with E-state index < -0.39 is 0 Å². The van der Waals surface area contributed by atoms with Crippen molar-refractivity contribution in [2.24, 2.45) is 0 Å². The zero-order chi connectivity index (χ0) is 10.7. The molecule has 0 heterocycles. The van der Waals surface area contributed by atoms with Crippen molar-refractivity contribution in [2.75, 3.05) is 6.61 Å². The Morgan fingerprint density at radius 1 is 1.13 bits per heavy atom. The van der Waals surface area contributed by atoms with Gasteiger partial charge >= 0.3 is 0 Å². The first-order chi connectivity index (χ1) is 7.29. The van der Waals surface area contributed by atoms with Crippen molar-refractivity contribution in [1.82, 2.24) is 0 Å². The molecule has 0 fully saturated rings. The molecule has 0 saturated heterocycles. The van der Waals surface area contributed by atoms with E-state index in [0.29, 0.717) is 0 Å². The molecule has 2 aromatic carbocycles. The van der Waals surface area contributed by atoms with E-state index >= 15 is 0 Å². The standard InChI is InChI=1S/C13H14OS/c1-10(9-14)15-13-7-6-11-4-2-3-5-12(11)8-13/h2-8,10,14H,9H2,1H3. The number of hydrogen-bond donors (Lipinski definition) is 1. The van der Waals surface area contributed by atoms with Gasteiger partial charge in [-0.25, -0.2) is 0 Å². The Bertz CT molecular complexity index is 453. The average Bonchev–Trinajstić information content (AvgIpc) is 2.29. The monoisotopic (exact) mass is 218 g/mol. The first-order valence-corrected chi connectivity index (χ1v) is 5.94. The molecule has 15 heavy (non-hydrogen) atoms. The van der Waals surface area contributed by atoms with E-state index in [9.17, 15) is 0 Å². The maximum Gasteiger partial charge on any atom is 0.0550 e. The summed E-state index contributed by atoms with van der Waals surface area (Å²) in [6.45, 7) is 2.25. The number of rotatable bonds is 3. The van der Waals surface area contributed by atoms with Crippen LogP contribution in [0.2, 0.25) is 0 Å². The Morgan fingerprint density at radius 2 is 1.87 bits per heavy atom. The van der Waals surface area contributed by atoms with Crippen molar-refractivity contribution >= 4 is 22.5 Å². The van der Waals surface area contributed by atoms with Crippen LogP contribution in [0.1, 0.15) is 6.92 Å². The molecule has 2 heteroatoms. The Balaban J connectivity index is 2.30. The van der Waals surface area contributed by atoms with Crippen LogP contribution >= 0.6 is 11.8 Å². The van der Waals surface area contributed by atoms with Gasteiger partial charge in [0.05, 0.1) is 6.61 Å². The molecule has 0 aliphatic heterocycles. The van der Waals surface area contributed by atoms with Gasteiger partial charge in [-0.2, -0.15) is 0 Å². The molecule has 2 rings (SSSR count). The zero-order valence-electron chi connectivity index (χ0n) is 8.68.